The van der Waals surface area contributed by atoms with Crippen LogP contribution in [0.15, 0.2) is 46.9 Å². The van der Waals surface area contributed by atoms with Gasteiger partial charge in [-0.3, -0.25) is 0 Å². The molecule has 2 nitrogen and oxygen atoms in total. The van der Waals surface area contributed by atoms with Gasteiger partial charge in [0.2, 0.25) is 0 Å². The molecule has 0 aliphatic rings. The minimum atomic E-state index is 0.778. The number of aryl methyl sites for hydroxylation is 1. The van der Waals surface area contributed by atoms with Crippen molar-refractivity contribution in [2.75, 3.05) is 5.32 Å². The van der Waals surface area contributed by atoms with Crippen molar-refractivity contribution in [2.45, 2.75) is 13.5 Å². The van der Waals surface area contributed by atoms with E-state index in [0.717, 1.165) is 21.7 Å². The fourth-order valence-electron chi connectivity index (χ4n) is 1.93. The third kappa shape index (κ3) is 2.80. The monoisotopic (exact) mass is 332 g/mol. The van der Waals surface area contributed by atoms with Crippen LogP contribution in [0.5, 0.6) is 0 Å². The van der Waals surface area contributed by atoms with Crippen LogP contribution < -0.4 is 5.32 Å². The van der Waals surface area contributed by atoms with Gasteiger partial charge in [-0.25, -0.2) is 4.98 Å². The van der Waals surface area contributed by atoms with E-state index < -0.39 is 0 Å². The second kappa shape index (κ2) is 5.31. The minimum Gasteiger partial charge on any atom is -0.357 e. The zero-order valence-corrected chi connectivity index (χ0v) is 12.9. The molecule has 96 valence electrons. The van der Waals surface area contributed by atoms with E-state index in [1.807, 2.05) is 12.1 Å². The van der Waals surface area contributed by atoms with Crippen LogP contribution in [0.25, 0.3) is 10.2 Å². The largest absolute Gasteiger partial charge is 0.357 e. The molecule has 0 atom stereocenters. The number of aromatic nitrogens is 1. The van der Waals surface area contributed by atoms with Gasteiger partial charge < -0.3 is 5.32 Å². The zero-order chi connectivity index (χ0) is 13.2. The predicted octanol–water partition coefficient (Wildman–Crippen LogP) is 4.98. The van der Waals surface area contributed by atoms with Crippen molar-refractivity contribution in [3.05, 3.63) is 58.1 Å². The highest BCUT2D eigenvalue weighted by molar-refractivity contribution is 9.10. The van der Waals surface area contributed by atoms with E-state index in [2.05, 4.69) is 63.5 Å². The van der Waals surface area contributed by atoms with E-state index in [1.165, 1.54) is 15.8 Å². The van der Waals surface area contributed by atoms with Gasteiger partial charge in [0, 0.05) is 11.0 Å². The molecule has 0 fully saturated rings. The number of nitrogens with one attached hydrogen (secondary N) is 1. The summed E-state index contributed by atoms with van der Waals surface area (Å²) >= 11 is 5.25. The number of thiazole rings is 1. The van der Waals surface area contributed by atoms with Gasteiger partial charge in [-0.05, 0) is 36.2 Å². The second-order valence-corrected chi connectivity index (χ2v) is 6.32. The highest BCUT2D eigenvalue weighted by Crippen LogP contribution is 2.27. The van der Waals surface area contributed by atoms with Crippen LogP contribution in [-0.2, 0) is 6.54 Å². The summed E-state index contributed by atoms with van der Waals surface area (Å²) < 4.78 is 2.35. The summed E-state index contributed by atoms with van der Waals surface area (Å²) in [5, 5.41) is 4.36. The molecule has 1 N–H and O–H groups in total. The normalized spacial score (nSPS) is 10.8. The van der Waals surface area contributed by atoms with Crippen molar-refractivity contribution in [1.82, 2.24) is 4.98 Å². The van der Waals surface area contributed by atoms with Gasteiger partial charge in [-0.15, -0.1) is 0 Å². The Hall–Kier alpha value is -1.39. The fraction of sp³-hybridized carbons (Fsp3) is 0.133. The first-order valence-corrected chi connectivity index (χ1v) is 7.68. The van der Waals surface area contributed by atoms with Gasteiger partial charge in [0.1, 0.15) is 0 Å². The van der Waals surface area contributed by atoms with E-state index in [1.54, 1.807) is 11.3 Å². The molecule has 19 heavy (non-hydrogen) atoms. The lowest BCUT2D eigenvalue weighted by atomic mass is 10.2. The zero-order valence-electron chi connectivity index (χ0n) is 10.5. The minimum absolute atomic E-state index is 0.778. The highest BCUT2D eigenvalue weighted by atomic mass is 79.9. The van der Waals surface area contributed by atoms with Crippen LogP contribution in [0.4, 0.5) is 5.13 Å². The molecule has 0 bridgehead atoms. The first-order valence-electron chi connectivity index (χ1n) is 6.07. The fourth-order valence-corrected chi connectivity index (χ4v) is 3.19. The molecule has 0 saturated heterocycles. The average molecular weight is 333 g/mol. The van der Waals surface area contributed by atoms with Gasteiger partial charge in [0.25, 0.3) is 0 Å². The third-order valence-corrected chi connectivity index (χ3v) is 4.70. The van der Waals surface area contributed by atoms with E-state index in [9.17, 15) is 0 Å². The molecule has 3 rings (SSSR count). The summed E-state index contributed by atoms with van der Waals surface area (Å²) in [6, 6.07) is 14.6. The number of nitrogens with zero attached hydrogens (tertiary/aromatic N) is 1. The van der Waals surface area contributed by atoms with Gasteiger partial charge in [0.05, 0.1) is 10.2 Å². The van der Waals surface area contributed by atoms with Gasteiger partial charge in [-0.2, -0.15) is 0 Å². The van der Waals surface area contributed by atoms with Crippen molar-refractivity contribution in [1.29, 1.82) is 0 Å². The lowest BCUT2D eigenvalue weighted by Crippen LogP contribution is -1.99. The van der Waals surface area contributed by atoms with Crippen LogP contribution in [-0.4, -0.2) is 4.98 Å². The van der Waals surface area contributed by atoms with E-state index in [0.29, 0.717) is 0 Å². The summed E-state index contributed by atoms with van der Waals surface area (Å²) in [6.45, 7) is 2.87. The maximum Gasteiger partial charge on any atom is 0.184 e. The van der Waals surface area contributed by atoms with Crippen LogP contribution >= 0.6 is 27.3 Å². The number of hydrogen-bond acceptors (Lipinski definition) is 3. The maximum absolute atomic E-state index is 4.61. The Morgan fingerprint density at radius 3 is 2.89 bits per heavy atom. The van der Waals surface area contributed by atoms with Crippen molar-refractivity contribution in [3.63, 3.8) is 0 Å². The van der Waals surface area contributed by atoms with Crippen molar-refractivity contribution in [3.8, 4) is 0 Å². The standard InChI is InChI=1S/C15H13BrN2S/c1-10-6-7-14-13(8-10)18-15(19-14)17-9-11-4-2-3-5-12(11)16/h2-8H,9H2,1H3,(H,17,18). The molecule has 0 amide bonds. The van der Waals surface area contributed by atoms with Crippen LogP contribution in [0.1, 0.15) is 11.1 Å². The molecule has 0 aliphatic carbocycles. The SMILES string of the molecule is Cc1ccc2sc(NCc3ccccc3Br)nc2c1. The Balaban J connectivity index is 1.80. The molecular weight excluding hydrogens is 320 g/mol. The molecule has 0 radical (unpaired) electrons. The first kappa shape index (κ1) is 12.6. The lowest BCUT2D eigenvalue weighted by molar-refractivity contribution is 1.13. The highest BCUT2D eigenvalue weighted by Gasteiger charge is 2.04. The molecule has 3 aromatic rings. The summed E-state index contributed by atoms with van der Waals surface area (Å²) in [7, 11) is 0. The average Bonchev–Trinajstić information content (AvgIpc) is 2.79. The van der Waals surface area contributed by atoms with Crippen molar-refractivity contribution < 1.29 is 0 Å². The number of anilines is 1. The maximum atomic E-state index is 4.61. The quantitative estimate of drug-likeness (QED) is 0.731. The summed E-state index contributed by atoms with van der Waals surface area (Å²) in [4.78, 5) is 4.61. The Morgan fingerprint density at radius 2 is 2.05 bits per heavy atom. The third-order valence-electron chi connectivity index (χ3n) is 2.93. The van der Waals surface area contributed by atoms with Crippen LogP contribution in [0, 0.1) is 6.92 Å². The molecule has 0 unspecified atom stereocenters. The second-order valence-electron chi connectivity index (χ2n) is 4.44. The topological polar surface area (TPSA) is 24.9 Å². The molecular formula is C15H13BrN2S. The van der Waals surface area contributed by atoms with Crippen LogP contribution in [0.2, 0.25) is 0 Å². The van der Waals surface area contributed by atoms with Gasteiger partial charge >= 0.3 is 0 Å². The summed E-state index contributed by atoms with van der Waals surface area (Å²) in [5.41, 5.74) is 3.55. The Labute approximate surface area is 124 Å². The Bertz CT molecular complexity index is 721. The van der Waals surface area contributed by atoms with E-state index in [-0.39, 0.29) is 0 Å². The summed E-state index contributed by atoms with van der Waals surface area (Å²) in [6.07, 6.45) is 0. The molecule has 0 spiro atoms. The van der Waals surface area contributed by atoms with Gasteiger partial charge in [0.15, 0.2) is 5.13 Å². The number of halogens is 1. The molecule has 1 aromatic heterocycles. The number of rotatable bonds is 3. The number of benzene rings is 2. The predicted molar refractivity (Wildman–Crippen MR) is 85.8 cm³/mol. The van der Waals surface area contributed by atoms with E-state index in [4.69, 9.17) is 0 Å². The van der Waals surface area contributed by atoms with E-state index >= 15 is 0 Å². The summed E-state index contributed by atoms with van der Waals surface area (Å²) in [5.74, 6) is 0. The number of fused-ring (bicyclic) bond motifs is 1. The first-order chi connectivity index (χ1) is 9.22. The molecule has 0 saturated carbocycles. The number of hydrogen-bond donors (Lipinski definition) is 1. The lowest BCUT2D eigenvalue weighted by Gasteiger charge is -2.04. The van der Waals surface area contributed by atoms with Gasteiger partial charge in [-0.1, -0.05) is 51.5 Å². The smallest absolute Gasteiger partial charge is 0.184 e. The molecule has 4 heteroatoms. The molecule has 1 heterocycles. The van der Waals surface area contributed by atoms with Crippen molar-refractivity contribution >= 4 is 42.6 Å². The molecule has 0 aliphatic heterocycles. The Kier molecular flexibility index (Phi) is 3.53. The van der Waals surface area contributed by atoms with Crippen LogP contribution in [0.3, 0.4) is 0 Å². The van der Waals surface area contributed by atoms with Crippen molar-refractivity contribution in [2.24, 2.45) is 0 Å². The molecule has 2 aromatic carbocycles. The Morgan fingerprint density at radius 1 is 1.21 bits per heavy atom.